The molecule has 0 unspecified atom stereocenters. The Hall–Kier alpha value is -2.18. The van der Waals surface area contributed by atoms with Crippen LogP contribution in [0.1, 0.15) is 25.3 Å². The molecule has 2 aliphatic carbocycles. The number of hydrogen-bond acceptors (Lipinski definition) is 7. The molecule has 1 saturated heterocycles. The number of carbonyl (C=O) groups excluding carboxylic acids is 1. The summed E-state index contributed by atoms with van der Waals surface area (Å²) in [5, 5.41) is 33.3. The van der Waals surface area contributed by atoms with E-state index in [9.17, 15) is 33.3 Å². The largest absolute Gasteiger partial charge is 0.487 e. The summed E-state index contributed by atoms with van der Waals surface area (Å²) in [6, 6.07) is 0.333. The second kappa shape index (κ2) is 9.59. The first-order valence-electron chi connectivity index (χ1n) is 10.7. The molecule has 4 rings (SSSR count). The van der Waals surface area contributed by atoms with Gasteiger partial charge in [-0.15, -0.1) is 0 Å². The van der Waals surface area contributed by atoms with Crippen LogP contribution < -0.4 is 10.1 Å². The maximum atomic E-state index is 14.5. The number of ether oxygens (including phenoxy) is 3. The molecule has 2 saturated carbocycles. The van der Waals surface area contributed by atoms with Gasteiger partial charge in [0, 0.05) is 17.2 Å². The average Bonchev–Trinajstić information content (AvgIpc) is 3.52. The van der Waals surface area contributed by atoms with E-state index in [1.165, 1.54) is 6.92 Å². The van der Waals surface area contributed by atoms with Crippen LogP contribution in [0.4, 0.5) is 13.2 Å². The number of amides is 1. The molecule has 1 aromatic carbocycles. The lowest BCUT2D eigenvalue weighted by molar-refractivity contribution is -0.155. The summed E-state index contributed by atoms with van der Waals surface area (Å²) in [4.78, 5) is 12.6. The molecule has 0 aromatic heterocycles. The Balaban J connectivity index is 1.43. The topological polar surface area (TPSA) is 117 Å². The number of carbonyl (C=O) groups is 1. The van der Waals surface area contributed by atoms with Gasteiger partial charge in [0.15, 0.2) is 11.6 Å². The Bertz CT molecular complexity index is 925. The fourth-order valence-electron chi connectivity index (χ4n) is 4.05. The van der Waals surface area contributed by atoms with Crippen LogP contribution in [0.25, 0.3) is 6.08 Å². The van der Waals surface area contributed by atoms with Crippen LogP contribution in [0.2, 0.25) is 0 Å². The Morgan fingerprint density at radius 1 is 1.15 bits per heavy atom. The molecule has 0 radical (unpaired) electrons. The predicted octanol–water partition coefficient (Wildman–Crippen LogP) is 0.818. The average molecular weight is 473 g/mol. The number of nitrogens with one attached hydrogen (secondary N) is 1. The highest BCUT2D eigenvalue weighted by molar-refractivity contribution is 5.97. The van der Waals surface area contributed by atoms with Crippen LogP contribution in [0, 0.1) is 17.6 Å². The zero-order chi connectivity index (χ0) is 23.9. The molecule has 1 heterocycles. The van der Waals surface area contributed by atoms with Gasteiger partial charge in [0.1, 0.15) is 55.9 Å². The number of aliphatic hydroxyl groups is 3. The second-order valence-corrected chi connectivity index (χ2v) is 8.65. The first kappa shape index (κ1) is 24.0. The van der Waals surface area contributed by atoms with E-state index >= 15 is 0 Å². The summed E-state index contributed by atoms with van der Waals surface area (Å²) in [5.74, 6) is -3.10. The minimum absolute atomic E-state index is 0.0564. The van der Waals surface area contributed by atoms with Gasteiger partial charge in [0.05, 0.1) is 6.04 Å². The molecular weight excluding hydrogens is 447 g/mol. The molecule has 1 amide bonds. The maximum Gasteiger partial charge on any atom is 0.247 e. The molecule has 0 bridgehead atoms. The highest BCUT2D eigenvalue weighted by atomic mass is 19.1. The van der Waals surface area contributed by atoms with Crippen LogP contribution >= 0.6 is 0 Å². The number of alkyl halides is 1. The molecule has 182 valence electrons. The Morgan fingerprint density at radius 3 is 2.48 bits per heavy atom. The van der Waals surface area contributed by atoms with Crippen molar-refractivity contribution >= 4 is 12.0 Å². The van der Waals surface area contributed by atoms with Crippen LogP contribution in [-0.4, -0.2) is 77.4 Å². The molecule has 3 fully saturated rings. The van der Waals surface area contributed by atoms with Crippen molar-refractivity contribution in [2.24, 2.45) is 5.92 Å². The monoisotopic (exact) mass is 473 g/mol. The summed E-state index contributed by atoms with van der Waals surface area (Å²) in [5.41, 5.74) is -0.303. The van der Waals surface area contributed by atoms with Gasteiger partial charge in [-0.1, -0.05) is 0 Å². The fraction of sp³-hybridized carbons (Fsp3) is 0.591. The summed E-state index contributed by atoms with van der Waals surface area (Å²) < 4.78 is 57.9. The molecule has 1 aliphatic heterocycles. The number of aliphatic hydroxyl groups excluding tert-OH is 3. The molecule has 3 aliphatic rings. The van der Waals surface area contributed by atoms with E-state index in [4.69, 9.17) is 14.2 Å². The lowest BCUT2D eigenvalue weighted by Gasteiger charge is -2.41. The van der Waals surface area contributed by atoms with Crippen molar-refractivity contribution in [1.82, 2.24) is 5.32 Å². The predicted molar refractivity (Wildman–Crippen MR) is 108 cm³/mol. The number of halogens is 3. The van der Waals surface area contributed by atoms with Gasteiger partial charge in [-0.3, -0.25) is 4.79 Å². The van der Waals surface area contributed by atoms with Crippen LogP contribution in [-0.2, 0) is 14.3 Å². The lowest BCUT2D eigenvalue weighted by atomic mass is 9.83. The van der Waals surface area contributed by atoms with Crippen molar-refractivity contribution in [3.8, 4) is 5.75 Å². The quantitative estimate of drug-likeness (QED) is 0.433. The van der Waals surface area contributed by atoms with Gasteiger partial charge < -0.3 is 34.8 Å². The number of hydrogen-bond donors (Lipinski definition) is 4. The van der Waals surface area contributed by atoms with Crippen LogP contribution in [0.3, 0.4) is 0 Å². The third kappa shape index (κ3) is 5.02. The minimum atomic E-state index is -1.54. The highest BCUT2D eigenvalue weighted by Gasteiger charge is 2.53. The first-order valence-corrected chi connectivity index (χ1v) is 10.7. The smallest absolute Gasteiger partial charge is 0.247 e. The second-order valence-electron chi connectivity index (χ2n) is 8.65. The summed E-state index contributed by atoms with van der Waals surface area (Å²) in [6.07, 6.45) is -4.85. The third-order valence-corrected chi connectivity index (χ3v) is 6.21. The van der Waals surface area contributed by atoms with Gasteiger partial charge in [-0.05, 0) is 37.8 Å². The van der Waals surface area contributed by atoms with E-state index < -0.39 is 66.0 Å². The molecular formula is C22H26F3NO7. The van der Waals surface area contributed by atoms with Gasteiger partial charge in [-0.25, -0.2) is 13.2 Å². The van der Waals surface area contributed by atoms with E-state index in [-0.39, 0.29) is 30.5 Å². The molecule has 1 aromatic rings. The van der Waals surface area contributed by atoms with Crippen molar-refractivity contribution < 1.29 is 47.5 Å². The van der Waals surface area contributed by atoms with Crippen molar-refractivity contribution in [2.75, 3.05) is 13.4 Å². The van der Waals surface area contributed by atoms with E-state index in [1.54, 1.807) is 0 Å². The molecule has 0 spiro atoms. The van der Waals surface area contributed by atoms with Gasteiger partial charge in [-0.2, -0.15) is 0 Å². The summed E-state index contributed by atoms with van der Waals surface area (Å²) in [6.45, 7) is 0.787. The standard InChI is InChI=1S/C22H26F3NO7/c1-9(22(30)26-16-17(27)19(29)21-20(18(16)28)32-8-33-21)4-11-5-13(24)15(6-12(11)23)31-7-14(25)10-2-3-10/h4-6,10,14,16-21,27-29H,2-3,7-8H2,1H3,(H,26,30)/b9-4+/t14-,16-,17+,18-,19-,20+,21-/m0/s1. The Morgan fingerprint density at radius 2 is 1.82 bits per heavy atom. The molecule has 7 atom stereocenters. The zero-order valence-electron chi connectivity index (χ0n) is 17.8. The van der Waals surface area contributed by atoms with Gasteiger partial charge >= 0.3 is 0 Å². The summed E-state index contributed by atoms with van der Waals surface area (Å²) >= 11 is 0. The Labute approximate surface area is 187 Å². The number of fused-ring (bicyclic) bond motifs is 1. The van der Waals surface area contributed by atoms with E-state index in [0.717, 1.165) is 31.1 Å². The van der Waals surface area contributed by atoms with Gasteiger partial charge in [0.2, 0.25) is 5.91 Å². The highest BCUT2D eigenvalue weighted by Crippen LogP contribution is 2.35. The van der Waals surface area contributed by atoms with Crippen molar-refractivity contribution in [1.29, 1.82) is 0 Å². The van der Waals surface area contributed by atoms with Crippen LogP contribution in [0.15, 0.2) is 17.7 Å². The van der Waals surface area contributed by atoms with E-state index in [1.807, 2.05) is 0 Å². The van der Waals surface area contributed by atoms with Crippen molar-refractivity contribution in [3.05, 3.63) is 34.9 Å². The lowest BCUT2D eigenvalue weighted by Crippen LogP contribution is -2.67. The molecule has 11 heteroatoms. The third-order valence-electron chi connectivity index (χ3n) is 6.21. The van der Waals surface area contributed by atoms with Crippen molar-refractivity contribution in [3.63, 3.8) is 0 Å². The van der Waals surface area contributed by atoms with Crippen LogP contribution in [0.5, 0.6) is 5.75 Å². The van der Waals surface area contributed by atoms with Crippen molar-refractivity contribution in [2.45, 2.75) is 62.5 Å². The molecule has 8 nitrogen and oxygen atoms in total. The zero-order valence-corrected chi connectivity index (χ0v) is 17.8. The van der Waals surface area contributed by atoms with Gasteiger partial charge in [0.25, 0.3) is 0 Å². The Kier molecular flexibility index (Phi) is 6.96. The minimum Gasteiger partial charge on any atom is -0.487 e. The normalized spacial score (nSPS) is 32.9. The summed E-state index contributed by atoms with van der Waals surface area (Å²) in [7, 11) is 0. The van der Waals surface area contributed by atoms with E-state index in [0.29, 0.717) is 0 Å². The first-order chi connectivity index (χ1) is 15.7. The maximum absolute atomic E-state index is 14.5. The molecule has 33 heavy (non-hydrogen) atoms. The fourth-order valence-corrected chi connectivity index (χ4v) is 4.05. The SMILES string of the molecule is C/C(=C\c1cc(F)c(OC[C@H](F)C2CC2)cc1F)C(=O)N[C@H]1[C@@H](O)[C@H](O)[C@@H]2OCO[C@@H]2[C@H]1O. The number of benzene rings is 1. The number of rotatable bonds is 7. The van der Waals surface area contributed by atoms with E-state index in [2.05, 4.69) is 5.32 Å². The molecule has 4 N–H and O–H groups in total.